The molecule has 1 heterocycles. The van der Waals surface area contributed by atoms with E-state index in [1.54, 1.807) is 0 Å². The lowest BCUT2D eigenvalue weighted by molar-refractivity contribution is 0.806. The van der Waals surface area contributed by atoms with E-state index in [2.05, 4.69) is 38.8 Å². The predicted octanol–water partition coefficient (Wildman–Crippen LogP) is 3.36. The molecule has 4 heteroatoms. The fourth-order valence-corrected chi connectivity index (χ4v) is 2.40. The number of hydrogen-bond acceptors (Lipinski definition) is 2. The summed E-state index contributed by atoms with van der Waals surface area (Å²) in [6.07, 6.45) is 4.40. The Balaban J connectivity index is 2.24. The van der Waals surface area contributed by atoms with Gasteiger partial charge < -0.3 is 4.90 Å². The molecule has 2 nitrogen and oxygen atoms in total. The Morgan fingerprint density at radius 2 is 2.33 bits per heavy atom. The van der Waals surface area contributed by atoms with Crippen molar-refractivity contribution in [3.8, 4) is 0 Å². The second-order valence-electron chi connectivity index (χ2n) is 3.91. The smallest absolute Gasteiger partial charge is 0.131 e. The molecule has 0 spiro atoms. The summed E-state index contributed by atoms with van der Waals surface area (Å²) < 4.78 is 1.03. The molecule has 0 aromatic carbocycles. The number of aromatic nitrogens is 1. The first-order chi connectivity index (χ1) is 7.22. The second kappa shape index (κ2) is 4.71. The van der Waals surface area contributed by atoms with E-state index < -0.39 is 0 Å². The molecule has 0 atom stereocenters. The van der Waals surface area contributed by atoms with Crippen molar-refractivity contribution >= 4 is 33.3 Å². The number of nitrogens with zero attached hydrogens (tertiary/aromatic N) is 2. The van der Waals surface area contributed by atoms with E-state index >= 15 is 0 Å². The maximum Gasteiger partial charge on any atom is 0.131 e. The van der Waals surface area contributed by atoms with Gasteiger partial charge in [-0.3, -0.25) is 0 Å². The van der Waals surface area contributed by atoms with E-state index in [9.17, 15) is 0 Å². The summed E-state index contributed by atoms with van der Waals surface area (Å²) >= 11 is 9.25. The van der Waals surface area contributed by atoms with Crippen LogP contribution in [0.25, 0.3) is 0 Å². The molecule has 1 fully saturated rings. The van der Waals surface area contributed by atoms with Crippen LogP contribution in [0.1, 0.15) is 18.4 Å². The highest BCUT2D eigenvalue weighted by molar-refractivity contribution is 9.10. The van der Waals surface area contributed by atoms with Gasteiger partial charge in [0, 0.05) is 29.1 Å². The molecule has 1 aliphatic rings. The predicted molar refractivity (Wildman–Crippen MR) is 67.8 cm³/mol. The molecule has 0 N–H and O–H groups in total. The van der Waals surface area contributed by atoms with E-state index in [1.165, 1.54) is 18.4 Å². The van der Waals surface area contributed by atoms with Crippen molar-refractivity contribution in [1.29, 1.82) is 0 Å². The van der Waals surface area contributed by atoms with Crippen molar-refractivity contribution in [2.24, 2.45) is 0 Å². The van der Waals surface area contributed by atoms with Gasteiger partial charge >= 0.3 is 0 Å². The Morgan fingerprint density at radius 1 is 1.60 bits per heavy atom. The van der Waals surface area contributed by atoms with E-state index in [0.717, 1.165) is 16.8 Å². The highest BCUT2D eigenvalue weighted by atomic mass is 79.9. The minimum Gasteiger partial charge on any atom is -0.352 e. The normalized spacial score (nSPS) is 15.4. The number of rotatable bonds is 4. The maximum atomic E-state index is 5.82. The third-order valence-corrected chi connectivity index (χ3v) is 3.21. The van der Waals surface area contributed by atoms with Crippen LogP contribution in [-0.4, -0.2) is 23.5 Å². The number of halogens is 2. The monoisotopic (exact) mass is 288 g/mol. The Labute approximate surface area is 104 Å². The summed E-state index contributed by atoms with van der Waals surface area (Å²) in [4.78, 5) is 6.81. The summed E-state index contributed by atoms with van der Waals surface area (Å²) in [6, 6.07) is 2.77. The topological polar surface area (TPSA) is 16.1 Å². The van der Waals surface area contributed by atoms with Gasteiger partial charge in [-0.2, -0.15) is 0 Å². The molecule has 0 saturated heterocycles. The third kappa shape index (κ3) is 2.64. The average Bonchev–Trinajstić information content (AvgIpc) is 2.98. The van der Waals surface area contributed by atoms with Crippen LogP contribution in [-0.2, 0) is 0 Å². The summed E-state index contributed by atoms with van der Waals surface area (Å²) in [6.45, 7) is 2.98. The zero-order valence-corrected chi connectivity index (χ0v) is 11.1. The zero-order valence-electron chi connectivity index (χ0n) is 8.71. The number of aryl methyl sites for hydroxylation is 1. The number of hydrogen-bond donors (Lipinski definition) is 0. The summed E-state index contributed by atoms with van der Waals surface area (Å²) in [5.41, 5.74) is 1.21. The lowest BCUT2D eigenvalue weighted by atomic mass is 10.2. The first-order valence-electron chi connectivity index (χ1n) is 5.17. The van der Waals surface area contributed by atoms with Crippen LogP contribution < -0.4 is 4.90 Å². The molecule has 0 aliphatic heterocycles. The van der Waals surface area contributed by atoms with Crippen molar-refractivity contribution in [3.63, 3.8) is 0 Å². The molecule has 15 heavy (non-hydrogen) atoms. The van der Waals surface area contributed by atoms with Crippen LogP contribution in [0.5, 0.6) is 0 Å². The summed E-state index contributed by atoms with van der Waals surface area (Å²) in [7, 11) is 0. The van der Waals surface area contributed by atoms with Gasteiger partial charge in [0.05, 0.1) is 0 Å². The molecule has 1 aromatic heterocycles. The molecule has 0 radical (unpaired) electrons. The maximum absolute atomic E-state index is 5.82. The van der Waals surface area contributed by atoms with E-state index in [0.29, 0.717) is 11.9 Å². The van der Waals surface area contributed by atoms with Crippen LogP contribution in [0.4, 0.5) is 5.82 Å². The molecule has 0 bridgehead atoms. The first-order valence-corrected chi connectivity index (χ1v) is 6.50. The second-order valence-corrected chi connectivity index (χ2v) is 5.20. The van der Waals surface area contributed by atoms with Crippen LogP contribution in [0, 0.1) is 6.92 Å². The Morgan fingerprint density at radius 3 is 2.87 bits per heavy atom. The van der Waals surface area contributed by atoms with E-state index in [1.807, 2.05) is 6.20 Å². The Bertz CT molecular complexity index is 352. The molecular weight excluding hydrogens is 275 g/mol. The lowest BCUT2D eigenvalue weighted by Gasteiger charge is -2.24. The van der Waals surface area contributed by atoms with Crippen LogP contribution in [0.3, 0.4) is 0 Å². The van der Waals surface area contributed by atoms with Crippen LogP contribution >= 0.6 is 27.5 Å². The minimum atomic E-state index is 0.660. The van der Waals surface area contributed by atoms with E-state index in [4.69, 9.17) is 11.6 Å². The van der Waals surface area contributed by atoms with Gasteiger partial charge in [0.1, 0.15) is 5.82 Å². The van der Waals surface area contributed by atoms with Crippen molar-refractivity contribution in [2.75, 3.05) is 17.3 Å². The first kappa shape index (κ1) is 11.2. The summed E-state index contributed by atoms with van der Waals surface area (Å²) in [5.74, 6) is 1.74. The number of pyridine rings is 1. The molecular formula is C11H14BrClN2. The molecule has 1 saturated carbocycles. The number of anilines is 1. The van der Waals surface area contributed by atoms with Gasteiger partial charge in [-0.25, -0.2) is 4.98 Å². The van der Waals surface area contributed by atoms with Crippen molar-refractivity contribution in [3.05, 3.63) is 22.3 Å². The SMILES string of the molecule is Cc1cc(Br)cnc1N(CCCl)C1CC1. The molecule has 1 aromatic rings. The molecule has 0 unspecified atom stereocenters. The van der Waals surface area contributed by atoms with Crippen LogP contribution in [0.2, 0.25) is 0 Å². The Hall–Kier alpha value is -0.280. The van der Waals surface area contributed by atoms with Gasteiger partial charge in [-0.1, -0.05) is 0 Å². The van der Waals surface area contributed by atoms with Gasteiger partial charge in [-0.15, -0.1) is 11.6 Å². The Kier molecular flexibility index (Phi) is 3.52. The zero-order chi connectivity index (χ0) is 10.8. The highest BCUT2D eigenvalue weighted by Gasteiger charge is 2.30. The van der Waals surface area contributed by atoms with Gasteiger partial charge in [-0.05, 0) is 47.3 Å². The third-order valence-electron chi connectivity index (χ3n) is 2.60. The van der Waals surface area contributed by atoms with Gasteiger partial charge in [0.15, 0.2) is 0 Å². The molecule has 1 aliphatic carbocycles. The van der Waals surface area contributed by atoms with Crippen molar-refractivity contribution in [2.45, 2.75) is 25.8 Å². The number of alkyl halides is 1. The van der Waals surface area contributed by atoms with E-state index in [-0.39, 0.29) is 0 Å². The minimum absolute atomic E-state index is 0.660. The lowest BCUT2D eigenvalue weighted by Crippen LogP contribution is -2.29. The van der Waals surface area contributed by atoms with Crippen molar-refractivity contribution in [1.82, 2.24) is 4.98 Å². The molecule has 2 rings (SSSR count). The fourth-order valence-electron chi connectivity index (χ4n) is 1.77. The summed E-state index contributed by atoms with van der Waals surface area (Å²) in [5, 5.41) is 0. The quantitative estimate of drug-likeness (QED) is 0.790. The van der Waals surface area contributed by atoms with Crippen molar-refractivity contribution < 1.29 is 0 Å². The fraction of sp³-hybridized carbons (Fsp3) is 0.545. The van der Waals surface area contributed by atoms with Gasteiger partial charge in [0.25, 0.3) is 0 Å². The molecule has 0 amide bonds. The standard InChI is InChI=1S/C11H14BrClN2/c1-8-6-9(12)7-14-11(8)15(5-4-13)10-2-3-10/h6-7,10H,2-5H2,1H3. The van der Waals surface area contributed by atoms with Crippen LogP contribution in [0.15, 0.2) is 16.7 Å². The molecule has 82 valence electrons. The van der Waals surface area contributed by atoms with Gasteiger partial charge in [0.2, 0.25) is 0 Å². The average molecular weight is 290 g/mol. The highest BCUT2D eigenvalue weighted by Crippen LogP contribution is 2.32. The largest absolute Gasteiger partial charge is 0.352 e.